The van der Waals surface area contributed by atoms with Crippen LogP contribution < -0.4 is 11.1 Å². The summed E-state index contributed by atoms with van der Waals surface area (Å²) in [6, 6.07) is 8.06. The number of likely N-dealkylation sites (N-methyl/N-ethyl adjacent to an activating group) is 1. The van der Waals surface area contributed by atoms with Crippen LogP contribution in [0.5, 0.6) is 0 Å². The van der Waals surface area contributed by atoms with Crippen LogP contribution in [0.3, 0.4) is 0 Å². The SMILES string of the molecule is CN(CC(=O)Nc1ccc(CN)cc1)C1CCOCC1. The second-order valence-corrected chi connectivity index (χ2v) is 5.21. The van der Waals surface area contributed by atoms with E-state index in [1.807, 2.05) is 31.3 Å². The van der Waals surface area contributed by atoms with Crippen LogP contribution in [0.15, 0.2) is 24.3 Å². The minimum Gasteiger partial charge on any atom is -0.381 e. The molecule has 2 rings (SSSR count). The fraction of sp³-hybridized carbons (Fsp3) is 0.533. The van der Waals surface area contributed by atoms with Gasteiger partial charge >= 0.3 is 0 Å². The molecule has 5 heteroatoms. The largest absolute Gasteiger partial charge is 0.381 e. The van der Waals surface area contributed by atoms with Crippen molar-refractivity contribution in [3.8, 4) is 0 Å². The van der Waals surface area contributed by atoms with E-state index < -0.39 is 0 Å². The average molecular weight is 277 g/mol. The molecule has 0 radical (unpaired) electrons. The van der Waals surface area contributed by atoms with Gasteiger partial charge in [-0.25, -0.2) is 0 Å². The molecule has 3 N–H and O–H groups in total. The highest BCUT2D eigenvalue weighted by Gasteiger charge is 2.20. The van der Waals surface area contributed by atoms with Gasteiger partial charge in [0.15, 0.2) is 0 Å². The number of carbonyl (C=O) groups is 1. The monoisotopic (exact) mass is 277 g/mol. The molecule has 0 unspecified atom stereocenters. The quantitative estimate of drug-likeness (QED) is 0.848. The van der Waals surface area contributed by atoms with Gasteiger partial charge in [0.25, 0.3) is 0 Å². The number of hydrogen-bond acceptors (Lipinski definition) is 4. The number of amides is 1. The van der Waals surface area contributed by atoms with Gasteiger partial charge in [-0.3, -0.25) is 9.69 Å². The number of carbonyl (C=O) groups excluding carboxylic acids is 1. The van der Waals surface area contributed by atoms with Crippen molar-refractivity contribution in [2.24, 2.45) is 5.73 Å². The summed E-state index contributed by atoms with van der Waals surface area (Å²) in [5.74, 6) is 0.0134. The smallest absolute Gasteiger partial charge is 0.238 e. The molecule has 5 nitrogen and oxygen atoms in total. The summed E-state index contributed by atoms with van der Waals surface area (Å²) in [6.07, 6.45) is 1.99. The van der Waals surface area contributed by atoms with Gasteiger partial charge in [-0.15, -0.1) is 0 Å². The fourth-order valence-electron chi connectivity index (χ4n) is 2.41. The molecule has 0 spiro atoms. The molecule has 1 aromatic carbocycles. The van der Waals surface area contributed by atoms with Gasteiger partial charge in [-0.05, 0) is 37.6 Å². The molecule has 1 aromatic rings. The molecule has 1 heterocycles. The number of rotatable bonds is 5. The van der Waals surface area contributed by atoms with Crippen LogP contribution >= 0.6 is 0 Å². The van der Waals surface area contributed by atoms with E-state index in [9.17, 15) is 4.79 Å². The molecule has 1 saturated heterocycles. The Labute approximate surface area is 120 Å². The number of nitrogens with one attached hydrogen (secondary N) is 1. The number of nitrogens with zero attached hydrogens (tertiary/aromatic N) is 1. The van der Waals surface area contributed by atoms with Gasteiger partial charge in [-0.2, -0.15) is 0 Å². The summed E-state index contributed by atoms with van der Waals surface area (Å²) >= 11 is 0. The Kier molecular flexibility index (Phi) is 5.52. The molecule has 110 valence electrons. The minimum absolute atomic E-state index is 0.0134. The number of anilines is 1. The zero-order valence-electron chi connectivity index (χ0n) is 12.0. The lowest BCUT2D eigenvalue weighted by molar-refractivity contribution is -0.118. The Balaban J connectivity index is 1.81. The first kappa shape index (κ1) is 15.0. The van der Waals surface area contributed by atoms with E-state index in [1.165, 1.54) is 0 Å². The summed E-state index contributed by atoms with van der Waals surface area (Å²) in [6.45, 7) is 2.50. The third-order valence-corrected chi connectivity index (χ3v) is 3.68. The van der Waals surface area contributed by atoms with E-state index in [4.69, 9.17) is 10.5 Å². The van der Waals surface area contributed by atoms with Crippen LogP contribution in [-0.4, -0.2) is 43.7 Å². The first-order chi connectivity index (χ1) is 9.69. The molecule has 0 aromatic heterocycles. The van der Waals surface area contributed by atoms with E-state index in [0.29, 0.717) is 19.1 Å². The van der Waals surface area contributed by atoms with Crippen LogP contribution in [0.1, 0.15) is 18.4 Å². The van der Waals surface area contributed by atoms with Crippen molar-refractivity contribution in [3.05, 3.63) is 29.8 Å². The van der Waals surface area contributed by atoms with Crippen LogP contribution in [0, 0.1) is 0 Å². The standard InChI is InChI=1S/C15H23N3O2/c1-18(14-6-8-20-9-7-14)11-15(19)17-13-4-2-12(10-16)3-5-13/h2-5,14H,6-11,16H2,1H3,(H,17,19). The van der Waals surface area contributed by atoms with E-state index in [1.54, 1.807) is 0 Å². The molecular formula is C15H23N3O2. The maximum absolute atomic E-state index is 12.0. The van der Waals surface area contributed by atoms with E-state index in [2.05, 4.69) is 10.2 Å². The molecule has 20 heavy (non-hydrogen) atoms. The van der Waals surface area contributed by atoms with E-state index in [0.717, 1.165) is 37.3 Å². The van der Waals surface area contributed by atoms with Crippen molar-refractivity contribution < 1.29 is 9.53 Å². The first-order valence-corrected chi connectivity index (χ1v) is 7.06. The summed E-state index contributed by atoms with van der Waals surface area (Å²) in [5.41, 5.74) is 7.42. The van der Waals surface area contributed by atoms with Crippen LogP contribution in [0.4, 0.5) is 5.69 Å². The molecule has 0 bridgehead atoms. The Bertz CT molecular complexity index is 427. The average Bonchev–Trinajstić information content (AvgIpc) is 2.49. The van der Waals surface area contributed by atoms with E-state index >= 15 is 0 Å². The first-order valence-electron chi connectivity index (χ1n) is 7.06. The number of ether oxygens (including phenoxy) is 1. The van der Waals surface area contributed by atoms with Gasteiger partial charge in [0.2, 0.25) is 5.91 Å². The van der Waals surface area contributed by atoms with Gasteiger partial charge in [-0.1, -0.05) is 12.1 Å². The molecule has 0 aliphatic carbocycles. The highest BCUT2D eigenvalue weighted by Crippen LogP contribution is 2.13. The Morgan fingerprint density at radius 2 is 2.00 bits per heavy atom. The predicted octanol–water partition coefficient (Wildman–Crippen LogP) is 1.19. The maximum Gasteiger partial charge on any atom is 0.238 e. The minimum atomic E-state index is 0.0134. The number of nitrogens with two attached hydrogens (primary N) is 1. The molecule has 1 aliphatic heterocycles. The topological polar surface area (TPSA) is 67.6 Å². The number of benzene rings is 1. The van der Waals surface area contributed by atoms with Gasteiger partial charge in [0, 0.05) is 31.5 Å². The van der Waals surface area contributed by atoms with Crippen molar-refractivity contribution in [2.45, 2.75) is 25.4 Å². The molecule has 0 saturated carbocycles. The second kappa shape index (κ2) is 7.38. The summed E-state index contributed by atoms with van der Waals surface area (Å²) in [7, 11) is 1.99. The lowest BCUT2D eigenvalue weighted by Crippen LogP contribution is -2.41. The third kappa shape index (κ3) is 4.30. The molecular weight excluding hydrogens is 254 g/mol. The molecule has 1 amide bonds. The summed E-state index contributed by atoms with van der Waals surface area (Å²) < 4.78 is 5.33. The van der Waals surface area contributed by atoms with Crippen molar-refractivity contribution in [3.63, 3.8) is 0 Å². The zero-order valence-corrected chi connectivity index (χ0v) is 12.0. The Morgan fingerprint density at radius 1 is 1.35 bits per heavy atom. The van der Waals surface area contributed by atoms with Crippen molar-refractivity contribution in [1.29, 1.82) is 0 Å². The van der Waals surface area contributed by atoms with Gasteiger partial charge < -0.3 is 15.8 Å². The molecule has 1 fully saturated rings. The van der Waals surface area contributed by atoms with Crippen LogP contribution in [0.25, 0.3) is 0 Å². The maximum atomic E-state index is 12.0. The lowest BCUT2D eigenvalue weighted by Gasteiger charge is -2.30. The normalized spacial score (nSPS) is 16.4. The summed E-state index contributed by atoms with van der Waals surface area (Å²) in [5, 5.41) is 2.91. The number of hydrogen-bond donors (Lipinski definition) is 2. The van der Waals surface area contributed by atoms with Crippen LogP contribution in [0.2, 0.25) is 0 Å². The van der Waals surface area contributed by atoms with Crippen molar-refractivity contribution >= 4 is 11.6 Å². The van der Waals surface area contributed by atoms with Gasteiger partial charge in [0.05, 0.1) is 6.54 Å². The van der Waals surface area contributed by atoms with Crippen molar-refractivity contribution in [2.75, 3.05) is 32.1 Å². The Morgan fingerprint density at radius 3 is 2.60 bits per heavy atom. The predicted molar refractivity (Wildman–Crippen MR) is 79.4 cm³/mol. The van der Waals surface area contributed by atoms with Gasteiger partial charge in [0.1, 0.15) is 0 Å². The summed E-state index contributed by atoms with van der Waals surface area (Å²) in [4.78, 5) is 14.1. The second-order valence-electron chi connectivity index (χ2n) is 5.21. The highest BCUT2D eigenvalue weighted by atomic mass is 16.5. The zero-order chi connectivity index (χ0) is 14.4. The molecule has 1 aliphatic rings. The Hall–Kier alpha value is -1.43. The highest BCUT2D eigenvalue weighted by molar-refractivity contribution is 5.92. The molecule has 0 atom stereocenters. The lowest BCUT2D eigenvalue weighted by atomic mass is 10.1. The van der Waals surface area contributed by atoms with Crippen LogP contribution in [-0.2, 0) is 16.1 Å². The van der Waals surface area contributed by atoms with E-state index in [-0.39, 0.29) is 5.91 Å². The van der Waals surface area contributed by atoms with Crippen molar-refractivity contribution in [1.82, 2.24) is 4.90 Å². The fourth-order valence-corrected chi connectivity index (χ4v) is 2.41. The third-order valence-electron chi connectivity index (χ3n) is 3.68.